The van der Waals surface area contributed by atoms with Gasteiger partial charge in [0.05, 0.1) is 17.4 Å². The van der Waals surface area contributed by atoms with Crippen LogP contribution in [-0.4, -0.2) is 43.6 Å². The zero-order valence-electron chi connectivity index (χ0n) is 22.9. The van der Waals surface area contributed by atoms with Crippen LogP contribution in [0.15, 0.2) is 55.1 Å². The normalized spacial score (nSPS) is 16.9. The topological polar surface area (TPSA) is 75.9 Å². The molecule has 3 aromatic heterocycles. The fourth-order valence-corrected chi connectivity index (χ4v) is 6.30. The molecule has 1 aliphatic heterocycles. The fraction of sp³-hybridized carbons (Fsp3) is 0.438. The van der Waals surface area contributed by atoms with Gasteiger partial charge in [-0.1, -0.05) is 44.6 Å². The first kappa shape index (κ1) is 25.7. The van der Waals surface area contributed by atoms with Crippen LogP contribution >= 0.6 is 0 Å². The van der Waals surface area contributed by atoms with Crippen molar-refractivity contribution in [3.63, 3.8) is 0 Å². The number of nitrogens with one attached hydrogen (secondary N) is 1. The third-order valence-electron chi connectivity index (χ3n) is 8.35. The minimum absolute atomic E-state index is 0.216. The number of anilines is 1. The van der Waals surface area contributed by atoms with E-state index in [0.717, 1.165) is 59.7 Å². The molecule has 0 spiro atoms. The van der Waals surface area contributed by atoms with Crippen molar-refractivity contribution in [2.75, 3.05) is 18.4 Å². The van der Waals surface area contributed by atoms with Gasteiger partial charge in [0.25, 0.3) is 5.91 Å². The first-order valence-electron chi connectivity index (χ1n) is 14.5. The van der Waals surface area contributed by atoms with E-state index < -0.39 is 0 Å². The minimum Gasteiger partial charge on any atom is -0.319 e. The number of aryl methyl sites for hydroxylation is 1. The van der Waals surface area contributed by atoms with E-state index in [0.29, 0.717) is 5.69 Å². The molecule has 0 bridgehead atoms. The molecule has 1 saturated heterocycles. The fourth-order valence-electron chi connectivity index (χ4n) is 6.30. The molecule has 4 heterocycles. The van der Waals surface area contributed by atoms with E-state index in [1.807, 2.05) is 31.7 Å². The van der Waals surface area contributed by atoms with Crippen LogP contribution in [0.4, 0.5) is 5.69 Å². The molecule has 1 aromatic carbocycles. The number of pyridine rings is 2. The van der Waals surface area contributed by atoms with E-state index in [2.05, 4.69) is 49.5 Å². The quantitative estimate of drug-likeness (QED) is 0.304. The van der Waals surface area contributed by atoms with Gasteiger partial charge in [0.1, 0.15) is 0 Å². The highest BCUT2D eigenvalue weighted by molar-refractivity contribution is 6.11. The van der Waals surface area contributed by atoms with Crippen molar-refractivity contribution in [3.05, 3.63) is 71.9 Å². The summed E-state index contributed by atoms with van der Waals surface area (Å²) in [6.45, 7) is 3.24. The molecule has 1 saturated carbocycles. The number of carbonyl (C=O) groups is 1. The SMILES string of the molecule is Cn1nc(C(=O)Nc2cncc(CC3CCCCC3)c2)c2cc(-c3cncc(CN4CCCCC4)c3)ccc21. The number of hydrogen-bond acceptors (Lipinski definition) is 5. The van der Waals surface area contributed by atoms with Crippen LogP contribution in [0, 0.1) is 5.92 Å². The van der Waals surface area contributed by atoms with Crippen molar-refractivity contribution < 1.29 is 4.79 Å². The summed E-state index contributed by atoms with van der Waals surface area (Å²) in [5, 5.41) is 8.49. The predicted octanol–water partition coefficient (Wildman–Crippen LogP) is 6.39. The van der Waals surface area contributed by atoms with Gasteiger partial charge >= 0.3 is 0 Å². The standard InChI is InChI=1S/C32H38N6O/c1-37-30-11-10-26(27-15-25(19-33-20-27)22-38-12-6-3-7-13-38)17-29(30)31(36-37)32(39)35-28-16-24(18-34-21-28)14-23-8-4-2-5-9-23/h10-11,15-21,23H,2-9,12-14,22H2,1H3,(H,35,39). The third kappa shape index (κ3) is 6.04. The monoisotopic (exact) mass is 522 g/mol. The van der Waals surface area contributed by atoms with E-state index in [1.165, 1.54) is 62.5 Å². The summed E-state index contributed by atoms with van der Waals surface area (Å²) in [4.78, 5) is 24.9. The maximum atomic E-state index is 13.4. The van der Waals surface area contributed by atoms with Crippen LogP contribution in [-0.2, 0) is 20.0 Å². The summed E-state index contributed by atoms with van der Waals surface area (Å²) in [7, 11) is 1.88. The van der Waals surface area contributed by atoms with E-state index >= 15 is 0 Å². The second-order valence-corrected chi connectivity index (χ2v) is 11.4. The zero-order valence-corrected chi connectivity index (χ0v) is 22.9. The van der Waals surface area contributed by atoms with Crippen LogP contribution in [0.3, 0.4) is 0 Å². The summed E-state index contributed by atoms with van der Waals surface area (Å²) in [5.41, 5.74) is 6.56. The molecule has 2 aliphatic rings. The van der Waals surface area contributed by atoms with Gasteiger partial charge < -0.3 is 5.32 Å². The molecule has 2 fully saturated rings. The Labute approximate surface area is 230 Å². The van der Waals surface area contributed by atoms with Crippen molar-refractivity contribution in [3.8, 4) is 11.1 Å². The number of benzene rings is 1. The van der Waals surface area contributed by atoms with E-state index in [1.54, 1.807) is 10.9 Å². The second-order valence-electron chi connectivity index (χ2n) is 11.4. The predicted molar refractivity (Wildman–Crippen MR) is 156 cm³/mol. The Morgan fingerprint density at radius 1 is 0.872 bits per heavy atom. The smallest absolute Gasteiger partial charge is 0.276 e. The Hall–Kier alpha value is -3.58. The Bertz CT molecular complexity index is 1450. The van der Waals surface area contributed by atoms with Crippen LogP contribution in [0.1, 0.15) is 73.0 Å². The molecule has 7 heteroatoms. The lowest BCUT2D eigenvalue weighted by molar-refractivity contribution is 0.102. The molecule has 1 amide bonds. The molecule has 4 aromatic rings. The Morgan fingerprint density at radius 2 is 1.64 bits per heavy atom. The van der Waals surface area contributed by atoms with Gasteiger partial charge in [-0.05, 0) is 79.2 Å². The number of nitrogens with zero attached hydrogens (tertiary/aromatic N) is 5. The van der Waals surface area contributed by atoms with Crippen LogP contribution in [0.5, 0.6) is 0 Å². The number of fused-ring (bicyclic) bond motifs is 1. The Morgan fingerprint density at radius 3 is 2.49 bits per heavy atom. The molecule has 6 rings (SSSR count). The average Bonchev–Trinajstić information content (AvgIpc) is 3.30. The number of piperidine rings is 1. The van der Waals surface area contributed by atoms with Crippen LogP contribution < -0.4 is 5.32 Å². The first-order chi connectivity index (χ1) is 19.1. The first-order valence-corrected chi connectivity index (χ1v) is 14.5. The number of aromatic nitrogens is 4. The van der Waals surface area contributed by atoms with Gasteiger partial charge in [0.15, 0.2) is 5.69 Å². The lowest BCUT2D eigenvalue weighted by Gasteiger charge is -2.26. The number of rotatable bonds is 7. The van der Waals surface area contributed by atoms with Gasteiger partial charge in [-0.25, -0.2) is 0 Å². The Balaban J connectivity index is 1.22. The summed E-state index contributed by atoms with van der Waals surface area (Å²) in [5.74, 6) is 0.504. The summed E-state index contributed by atoms with van der Waals surface area (Å²) in [6, 6.07) is 10.5. The highest BCUT2D eigenvalue weighted by atomic mass is 16.2. The highest BCUT2D eigenvalue weighted by Gasteiger charge is 2.19. The highest BCUT2D eigenvalue weighted by Crippen LogP contribution is 2.29. The van der Waals surface area contributed by atoms with Crippen molar-refractivity contribution in [2.24, 2.45) is 13.0 Å². The third-order valence-corrected chi connectivity index (χ3v) is 8.35. The Kier molecular flexibility index (Phi) is 7.68. The molecule has 1 N–H and O–H groups in total. The maximum absolute atomic E-state index is 13.4. The van der Waals surface area contributed by atoms with E-state index in [4.69, 9.17) is 0 Å². The molecule has 0 atom stereocenters. The van der Waals surface area contributed by atoms with Gasteiger partial charge in [0, 0.05) is 43.1 Å². The largest absolute Gasteiger partial charge is 0.319 e. The second kappa shape index (κ2) is 11.7. The molecule has 7 nitrogen and oxygen atoms in total. The van der Waals surface area contributed by atoms with Gasteiger partial charge in [-0.2, -0.15) is 5.10 Å². The average molecular weight is 523 g/mol. The van der Waals surface area contributed by atoms with E-state index in [-0.39, 0.29) is 5.91 Å². The number of amides is 1. The molecular formula is C32H38N6O. The molecule has 0 unspecified atom stereocenters. The lowest BCUT2D eigenvalue weighted by atomic mass is 9.85. The lowest BCUT2D eigenvalue weighted by Crippen LogP contribution is -2.29. The summed E-state index contributed by atoms with van der Waals surface area (Å²) < 4.78 is 1.77. The van der Waals surface area contributed by atoms with Gasteiger partial charge in [0.2, 0.25) is 0 Å². The van der Waals surface area contributed by atoms with Crippen molar-refractivity contribution >= 4 is 22.5 Å². The molecular weight excluding hydrogens is 484 g/mol. The summed E-state index contributed by atoms with van der Waals surface area (Å²) >= 11 is 0. The molecule has 202 valence electrons. The number of carbonyl (C=O) groups excluding carboxylic acids is 1. The van der Waals surface area contributed by atoms with Crippen molar-refractivity contribution in [2.45, 2.75) is 64.3 Å². The van der Waals surface area contributed by atoms with Crippen molar-refractivity contribution in [1.82, 2.24) is 24.6 Å². The van der Waals surface area contributed by atoms with Gasteiger partial charge in [-0.15, -0.1) is 0 Å². The number of likely N-dealkylation sites (tertiary alicyclic amines) is 1. The van der Waals surface area contributed by atoms with Crippen LogP contribution in [0.25, 0.3) is 22.0 Å². The zero-order chi connectivity index (χ0) is 26.6. The molecule has 0 radical (unpaired) electrons. The molecule has 39 heavy (non-hydrogen) atoms. The van der Waals surface area contributed by atoms with E-state index in [9.17, 15) is 4.79 Å². The summed E-state index contributed by atoms with van der Waals surface area (Å²) in [6.07, 6.45) is 19.0. The number of hydrogen-bond donors (Lipinski definition) is 1. The van der Waals surface area contributed by atoms with Crippen LogP contribution in [0.2, 0.25) is 0 Å². The maximum Gasteiger partial charge on any atom is 0.276 e. The van der Waals surface area contributed by atoms with Gasteiger partial charge in [-0.3, -0.25) is 24.3 Å². The minimum atomic E-state index is -0.216. The van der Waals surface area contributed by atoms with Crippen molar-refractivity contribution in [1.29, 1.82) is 0 Å². The molecule has 1 aliphatic carbocycles.